The van der Waals surface area contributed by atoms with E-state index in [1.54, 1.807) is 6.07 Å². The molecular formula is C15H23NO3. The van der Waals surface area contributed by atoms with E-state index in [1.165, 1.54) is 14.2 Å². The predicted octanol–water partition coefficient (Wildman–Crippen LogP) is 2.76. The summed E-state index contributed by atoms with van der Waals surface area (Å²) < 4.78 is 9.99. The van der Waals surface area contributed by atoms with Crippen molar-refractivity contribution in [3.63, 3.8) is 0 Å². The fourth-order valence-electron chi connectivity index (χ4n) is 1.83. The van der Waals surface area contributed by atoms with Crippen LogP contribution in [0.1, 0.15) is 43.1 Å². The second-order valence-electron chi connectivity index (χ2n) is 5.21. The van der Waals surface area contributed by atoms with Gasteiger partial charge in [-0.25, -0.2) is 0 Å². The van der Waals surface area contributed by atoms with Gasteiger partial charge in [-0.15, -0.1) is 0 Å². The summed E-state index contributed by atoms with van der Waals surface area (Å²) in [4.78, 5) is 12.3. The average Bonchev–Trinajstić information content (AvgIpc) is 2.40. The van der Waals surface area contributed by atoms with Crippen molar-refractivity contribution in [1.29, 1.82) is 0 Å². The van der Waals surface area contributed by atoms with Gasteiger partial charge in [0.15, 0.2) is 0 Å². The average molecular weight is 265 g/mol. The van der Waals surface area contributed by atoms with Crippen LogP contribution in [0.5, 0.6) is 0 Å². The standard InChI is InChI=1S/C15H23NO3/c1-6-15(2,3)10-7-8-12(16)11(9-10)13(17)14(18-4)19-5/h7-9,14H,6,16H2,1-5H3. The molecule has 0 unspecified atom stereocenters. The van der Waals surface area contributed by atoms with Gasteiger partial charge < -0.3 is 15.2 Å². The number of hydrogen-bond acceptors (Lipinski definition) is 4. The number of carbonyl (C=O) groups is 1. The van der Waals surface area contributed by atoms with Crippen LogP contribution < -0.4 is 5.73 Å². The van der Waals surface area contributed by atoms with Crippen molar-refractivity contribution in [2.75, 3.05) is 20.0 Å². The highest BCUT2D eigenvalue weighted by Gasteiger charge is 2.24. The number of hydrogen-bond donors (Lipinski definition) is 1. The Hall–Kier alpha value is -1.39. The lowest BCUT2D eigenvalue weighted by Crippen LogP contribution is -2.26. The number of ketones is 1. The molecule has 4 heteroatoms. The molecule has 0 aliphatic carbocycles. The molecule has 1 aromatic rings. The molecule has 0 aliphatic heterocycles. The van der Waals surface area contributed by atoms with Crippen molar-refractivity contribution in [2.24, 2.45) is 0 Å². The van der Waals surface area contributed by atoms with Gasteiger partial charge in [-0.3, -0.25) is 4.79 Å². The zero-order chi connectivity index (χ0) is 14.6. The molecule has 106 valence electrons. The number of carbonyl (C=O) groups excluding carboxylic acids is 1. The van der Waals surface area contributed by atoms with Gasteiger partial charge in [0, 0.05) is 25.5 Å². The van der Waals surface area contributed by atoms with Gasteiger partial charge in [0.05, 0.1) is 0 Å². The lowest BCUT2D eigenvalue weighted by Gasteiger charge is -2.24. The van der Waals surface area contributed by atoms with Crippen molar-refractivity contribution in [3.8, 4) is 0 Å². The van der Waals surface area contributed by atoms with E-state index in [0.29, 0.717) is 11.3 Å². The van der Waals surface area contributed by atoms with E-state index >= 15 is 0 Å². The minimum Gasteiger partial charge on any atom is -0.398 e. The summed E-state index contributed by atoms with van der Waals surface area (Å²) in [5.41, 5.74) is 7.87. The van der Waals surface area contributed by atoms with Crippen molar-refractivity contribution in [2.45, 2.75) is 38.9 Å². The van der Waals surface area contributed by atoms with Crippen LogP contribution in [-0.2, 0) is 14.9 Å². The normalized spacial score (nSPS) is 11.9. The SMILES string of the molecule is CCC(C)(C)c1ccc(N)c(C(=O)C(OC)OC)c1. The summed E-state index contributed by atoms with van der Waals surface area (Å²) in [6.45, 7) is 6.39. The van der Waals surface area contributed by atoms with Gasteiger partial charge in [-0.1, -0.05) is 26.8 Å². The maximum absolute atomic E-state index is 12.3. The molecule has 0 fully saturated rings. The van der Waals surface area contributed by atoms with E-state index in [9.17, 15) is 4.79 Å². The Morgan fingerprint density at radius 2 is 1.89 bits per heavy atom. The summed E-state index contributed by atoms with van der Waals surface area (Å²) >= 11 is 0. The lowest BCUT2D eigenvalue weighted by molar-refractivity contribution is -0.0741. The first-order valence-electron chi connectivity index (χ1n) is 6.37. The number of rotatable bonds is 6. The highest BCUT2D eigenvalue weighted by Crippen LogP contribution is 2.29. The van der Waals surface area contributed by atoms with Crippen LogP contribution in [0.3, 0.4) is 0 Å². The Balaban J connectivity index is 3.21. The van der Waals surface area contributed by atoms with Gasteiger partial charge in [-0.2, -0.15) is 0 Å². The zero-order valence-corrected chi connectivity index (χ0v) is 12.3. The predicted molar refractivity (Wildman–Crippen MR) is 76.3 cm³/mol. The Kier molecular flexibility index (Phi) is 5.09. The fourth-order valence-corrected chi connectivity index (χ4v) is 1.83. The molecule has 0 spiro atoms. The first kappa shape index (κ1) is 15.7. The van der Waals surface area contributed by atoms with E-state index in [-0.39, 0.29) is 11.2 Å². The molecule has 0 saturated heterocycles. The number of benzene rings is 1. The monoisotopic (exact) mass is 265 g/mol. The summed E-state index contributed by atoms with van der Waals surface area (Å²) in [7, 11) is 2.87. The second-order valence-corrected chi connectivity index (χ2v) is 5.21. The largest absolute Gasteiger partial charge is 0.398 e. The molecule has 1 rings (SSSR count). The van der Waals surface area contributed by atoms with E-state index in [0.717, 1.165) is 12.0 Å². The van der Waals surface area contributed by atoms with Crippen LogP contribution in [0.2, 0.25) is 0 Å². The highest BCUT2D eigenvalue weighted by molar-refractivity contribution is 6.03. The van der Waals surface area contributed by atoms with E-state index in [4.69, 9.17) is 15.2 Å². The third-order valence-corrected chi connectivity index (χ3v) is 3.63. The maximum Gasteiger partial charge on any atom is 0.222 e. The molecule has 0 atom stereocenters. The fraction of sp³-hybridized carbons (Fsp3) is 0.533. The van der Waals surface area contributed by atoms with Crippen LogP contribution in [0.15, 0.2) is 18.2 Å². The third kappa shape index (κ3) is 3.33. The Morgan fingerprint density at radius 3 is 2.37 bits per heavy atom. The van der Waals surface area contributed by atoms with Crippen LogP contribution in [0.4, 0.5) is 5.69 Å². The van der Waals surface area contributed by atoms with Crippen LogP contribution >= 0.6 is 0 Å². The first-order chi connectivity index (χ1) is 8.87. The molecule has 0 radical (unpaired) electrons. The molecule has 2 N–H and O–H groups in total. The maximum atomic E-state index is 12.3. The molecule has 1 aromatic carbocycles. The number of anilines is 1. The van der Waals surface area contributed by atoms with Gasteiger partial charge >= 0.3 is 0 Å². The number of methoxy groups -OCH3 is 2. The molecule has 0 bridgehead atoms. The lowest BCUT2D eigenvalue weighted by atomic mass is 9.81. The molecule has 19 heavy (non-hydrogen) atoms. The van der Waals surface area contributed by atoms with Gasteiger partial charge in [0.1, 0.15) is 0 Å². The minimum absolute atomic E-state index is 0.00162. The molecule has 0 amide bonds. The smallest absolute Gasteiger partial charge is 0.222 e. The molecule has 4 nitrogen and oxygen atoms in total. The van der Waals surface area contributed by atoms with E-state index < -0.39 is 6.29 Å². The van der Waals surface area contributed by atoms with E-state index in [1.807, 2.05) is 12.1 Å². The number of ether oxygens (including phenoxy) is 2. The van der Waals surface area contributed by atoms with Crippen LogP contribution in [-0.4, -0.2) is 26.3 Å². The summed E-state index contributed by atoms with van der Waals surface area (Å²) in [5, 5.41) is 0. The summed E-state index contributed by atoms with van der Waals surface area (Å²) in [6.07, 6.45) is 0.0602. The van der Waals surface area contributed by atoms with Crippen molar-refractivity contribution in [3.05, 3.63) is 29.3 Å². The van der Waals surface area contributed by atoms with Crippen LogP contribution in [0, 0.1) is 0 Å². The number of Topliss-reactive ketones (excluding diaryl/α,β-unsaturated/α-hetero) is 1. The minimum atomic E-state index is -0.915. The van der Waals surface area contributed by atoms with Gasteiger partial charge in [0.25, 0.3) is 0 Å². The Morgan fingerprint density at radius 1 is 1.32 bits per heavy atom. The molecule has 0 aromatic heterocycles. The number of nitrogens with two attached hydrogens (primary N) is 1. The third-order valence-electron chi connectivity index (χ3n) is 3.63. The van der Waals surface area contributed by atoms with E-state index in [2.05, 4.69) is 20.8 Å². The van der Waals surface area contributed by atoms with Crippen molar-refractivity contribution >= 4 is 11.5 Å². The number of nitrogen functional groups attached to an aromatic ring is 1. The Labute approximate surface area is 114 Å². The topological polar surface area (TPSA) is 61.6 Å². The Bertz CT molecular complexity index is 451. The van der Waals surface area contributed by atoms with Crippen molar-refractivity contribution < 1.29 is 14.3 Å². The van der Waals surface area contributed by atoms with Crippen molar-refractivity contribution in [1.82, 2.24) is 0 Å². The quantitative estimate of drug-likeness (QED) is 0.488. The van der Waals surface area contributed by atoms with Gasteiger partial charge in [-0.05, 0) is 29.5 Å². The van der Waals surface area contributed by atoms with Crippen LogP contribution in [0.25, 0.3) is 0 Å². The molecule has 0 saturated carbocycles. The van der Waals surface area contributed by atoms with Gasteiger partial charge in [0.2, 0.25) is 12.1 Å². The second kappa shape index (κ2) is 6.17. The summed E-state index contributed by atoms with van der Waals surface area (Å²) in [5.74, 6) is -0.253. The highest BCUT2D eigenvalue weighted by atomic mass is 16.7. The molecule has 0 heterocycles. The zero-order valence-electron chi connectivity index (χ0n) is 12.3. The summed E-state index contributed by atoms with van der Waals surface area (Å²) in [6, 6.07) is 5.57. The first-order valence-corrected chi connectivity index (χ1v) is 6.37. The molecular weight excluding hydrogens is 242 g/mol. The molecule has 0 aliphatic rings.